The first-order chi connectivity index (χ1) is 12.3. The molecule has 0 aliphatic carbocycles. The first kappa shape index (κ1) is 17.2. The second-order valence-electron chi connectivity index (χ2n) is 6.55. The predicted octanol–water partition coefficient (Wildman–Crippen LogP) is 2.42. The van der Waals surface area contributed by atoms with Crippen molar-refractivity contribution in [3.05, 3.63) is 29.5 Å². The molecule has 26 heavy (non-hydrogen) atoms. The van der Waals surface area contributed by atoms with Crippen LogP contribution in [0.1, 0.15) is 16.1 Å². The number of rotatable bonds is 3. The lowest BCUT2D eigenvalue weighted by molar-refractivity contribution is -0.189. The van der Waals surface area contributed by atoms with Crippen LogP contribution in [-0.4, -0.2) is 51.5 Å². The summed E-state index contributed by atoms with van der Waals surface area (Å²) in [7, 11) is 1.57. The van der Waals surface area contributed by atoms with Crippen LogP contribution < -0.4 is 10.2 Å². The van der Waals surface area contributed by atoms with Gasteiger partial charge in [-0.05, 0) is 18.2 Å². The van der Waals surface area contributed by atoms with E-state index < -0.39 is 23.2 Å². The summed E-state index contributed by atoms with van der Waals surface area (Å²) in [5.74, 6) is -0.424. The lowest BCUT2D eigenvalue weighted by Crippen LogP contribution is -2.58. The molecule has 3 heterocycles. The van der Waals surface area contributed by atoms with Crippen LogP contribution >= 0.6 is 0 Å². The van der Waals surface area contributed by atoms with Gasteiger partial charge in [0.2, 0.25) is 5.76 Å². The smallest absolute Gasteiger partial charge is 0.416 e. The van der Waals surface area contributed by atoms with Crippen molar-refractivity contribution in [1.82, 2.24) is 5.32 Å². The van der Waals surface area contributed by atoms with E-state index in [1.807, 2.05) is 4.90 Å². The van der Waals surface area contributed by atoms with Gasteiger partial charge >= 0.3 is 6.18 Å². The highest BCUT2D eigenvalue weighted by Crippen LogP contribution is 2.40. The molecule has 1 fully saturated rings. The third-order valence-corrected chi connectivity index (χ3v) is 4.82. The Morgan fingerprint density at radius 2 is 2.12 bits per heavy atom. The predicted molar refractivity (Wildman–Crippen MR) is 86.3 cm³/mol. The molecule has 9 heteroatoms. The van der Waals surface area contributed by atoms with E-state index in [-0.39, 0.29) is 16.7 Å². The second kappa shape index (κ2) is 5.88. The number of halogens is 3. The molecule has 1 aromatic heterocycles. The van der Waals surface area contributed by atoms with Crippen molar-refractivity contribution < 1.29 is 31.9 Å². The van der Waals surface area contributed by atoms with Gasteiger partial charge in [0, 0.05) is 25.6 Å². The number of carbonyl (C=O) groups is 1. The zero-order valence-corrected chi connectivity index (χ0v) is 14.0. The van der Waals surface area contributed by atoms with E-state index in [0.29, 0.717) is 38.5 Å². The second-order valence-corrected chi connectivity index (χ2v) is 6.55. The van der Waals surface area contributed by atoms with Crippen molar-refractivity contribution in [1.29, 1.82) is 0 Å². The average molecular weight is 370 g/mol. The Kier molecular flexibility index (Phi) is 3.89. The fourth-order valence-corrected chi connectivity index (χ4v) is 3.33. The van der Waals surface area contributed by atoms with Crippen LogP contribution in [0.2, 0.25) is 0 Å². The van der Waals surface area contributed by atoms with E-state index in [1.165, 1.54) is 6.07 Å². The van der Waals surface area contributed by atoms with Gasteiger partial charge in [-0.1, -0.05) is 0 Å². The number of hydrogen-bond donors (Lipinski definition) is 1. The molecular weight excluding hydrogens is 353 g/mol. The molecule has 140 valence electrons. The number of nitrogens with zero attached hydrogens (tertiary/aromatic N) is 1. The summed E-state index contributed by atoms with van der Waals surface area (Å²) in [6, 6.07) is 3.22. The number of alkyl halides is 3. The Morgan fingerprint density at radius 1 is 1.35 bits per heavy atom. The zero-order valence-electron chi connectivity index (χ0n) is 14.0. The molecular formula is C17H17F3N2O4. The first-order valence-electron chi connectivity index (χ1n) is 8.13. The third kappa shape index (κ3) is 2.71. The number of amides is 1. The largest absolute Gasteiger partial charge is 0.449 e. The molecule has 0 radical (unpaired) electrons. The Balaban J connectivity index is 1.84. The molecule has 0 unspecified atom stereocenters. The van der Waals surface area contributed by atoms with Crippen LogP contribution in [0.4, 0.5) is 18.9 Å². The number of methoxy groups -OCH3 is 1. The number of nitrogens with one attached hydrogen (secondary N) is 1. The molecule has 0 atom stereocenters. The van der Waals surface area contributed by atoms with E-state index in [0.717, 1.165) is 12.1 Å². The van der Waals surface area contributed by atoms with Gasteiger partial charge in [0.05, 0.1) is 31.0 Å². The van der Waals surface area contributed by atoms with E-state index in [1.54, 1.807) is 7.11 Å². The minimum atomic E-state index is -4.48. The van der Waals surface area contributed by atoms with Gasteiger partial charge in [-0.25, -0.2) is 0 Å². The standard InChI is InChI=1S/C17H17F3N2O4/c1-24-16(8-25-9-16)7-22-5-4-21-15(23)14-13(22)11-6-10(17(18,19)20)2-3-12(11)26-14/h2-3,6H,4-5,7-9H2,1H3,(H,21,23). The van der Waals surface area contributed by atoms with E-state index in [9.17, 15) is 18.0 Å². The van der Waals surface area contributed by atoms with Gasteiger partial charge in [-0.3, -0.25) is 4.79 Å². The number of benzene rings is 1. The number of hydrogen-bond acceptors (Lipinski definition) is 5. The molecule has 1 N–H and O–H groups in total. The van der Waals surface area contributed by atoms with Crippen molar-refractivity contribution in [2.75, 3.05) is 44.9 Å². The summed E-state index contributed by atoms with van der Waals surface area (Å²) < 4.78 is 55.8. The summed E-state index contributed by atoms with van der Waals surface area (Å²) in [4.78, 5) is 14.2. The highest BCUT2D eigenvalue weighted by Gasteiger charge is 2.42. The van der Waals surface area contributed by atoms with E-state index in [4.69, 9.17) is 13.9 Å². The SMILES string of the molecule is COC1(CN2CCNC(=O)c3oc4ccc(C(F)(F)F)cc4c32)COC1. The molecule has 1 amide bonds. The highest BCUT2D eigenvalue weighted by atomic mass is 19.4. The highest BCUT2D eigenvalue weighted by molar-refractivity contribution is 6.07. The molecule has 0 spiro atoms. The number of ether oxygens (including phenoxy) is 2. The Morgan fingerprint density at radius 3 is 2.73 bits per heavy atom. The molecule has 4 rings (SSSR count). The first-order valence-corrected chi connectivity index (χ1v) is 8.13. The van der Waals surface area contributed by atoms with Gasteiger partial charge in [-0.15, -0.1) is 0 Å². The third-order valence-electron chi connectivity index (χ3n) is 4.82. The normalized spacial score (nSPS) is 19.7. The van der Waals surface area contributed by atoms with Crippen molar-refractivity contribution in [3.8, 4) is 0 Å². The van der Waals surface area contributed by atoms with Crippen molar-refractivity contribution in [2.24, 2.45) is 0 Å². The Bertz CT molecular complexity index is 852. The van der Waals surface area contributed by atoms with E-state index in [2.05, 4.69) is 5.32 Å². The topological polar surface area (TPSA) is 63.9 Å². The van der Waals surface area contributed by atoms with E-state index >= 15 is 0 Å². The maximum Gasteiger partial charge on any atom is 0.416 e. The van der Waals surface area contributed by atoms with Crippen LogP contribution in [-0.2, 0) is 15.7 Å². The lowest BCUT2D eigenvalue weighted by Gasteiger charge is -2.43. The summed E-state index contributed by atoms with van der Waals surface area (Å²) in [6.07, 6.45) is -4.48. The number of fused-ring (bicyclic) bond motifs is 3. The maximum atomic E-state index is 13.1. The van der Waals surface area contributed by atoms with Gasteiger partial charge in [-0.2, -0.15) is 13.2 Å². The minimum Gasteiger partial charge on any atom is -0.449 e. The van der Waals surface area contributed by atoms with Gasteiger partial charge in [0.25, 0.3) is 5.91 Å². The quantitative estimate of drug-likeness (QED) is 0.899. The minimum absolute atomic E-state index is 0.0170. The van der Waals surface area contributed by atoms with Gasteiger partial charge in [0.15, 0.2) is 0 Å². The summed E-state index contributed by atoms with van der Waals surface area (Å²) in [5, 5.41) is 2.97. The molecule has 2 aromatic rings. The Labute approximate surface area is 146 Å². The van der Waals surface area contributed by atoms with Crippen LogP contribution in [0.3, 0.4) is 0 Å². The van der Waals surface area contributed by atoms with Crippen LogP contribution in [0.25, 0.3) is 11.0 Å². The van der Waals surface area contributed by atoms with Crippen LogP contribution in [0, 0.1) is 0 Å². The average Bonchev–Trinajstić information content (AvgIpc) is 2.87. The zero-order chi connectivity index (χ0) is 18.5. The molecule has 1 aromatic carbocycles. The molecule has 6 nitrogen and oxygen atoms in total. The lowest BCUT2D eigenvalue weighted by atomic mass is 10.0. The van der Waals surface area contributed by atoms with Crippen molar-refractivity contribution in [2.45, 2.75) is 11.8 Å². The molecule has 1 saturated heterocycles. The summed E-state index contributed by atoms with van der Waals surface area (Å²) >= 11 is 0. The molecule has 2 aliphatic rings. The number of furan rings is 1. The van der Waals surface area contributed by atoms with Gasteiger partial charge in [0.1, 0.15) is 11.2 Å². The monoisotopic (exact) mass is 370 g/mol. The fourth-order valence-electron chi connectivity index (χ4n) is 3.33. The van der Waals surface area contributed by atoms with Crippen LogP contribution in [0.15, 0.2) is 22.6 Å². The fraction of sp³-hybridized carbons (Fsp3) is 0.471. The summed E-state index contributed by atoms with van der Waals surface area (Å²) in [6.45, 7) is 1.94. The van der Waals surface area contributed by atoms with Crippen molar-refractivity contribution in [3.63, 3.8) is 0 Å². The van der Waals surface area contributed by atoms with Crippen LogP contribution in [0.5, 0.6) is 0 Å². The van der Waals surface area contributed by atoms with Gasteiger partial charge < -0.3 is 24.1 Å². The molecule has 0 bridgehead atoms. The maximum absolute atomic E-state index is 13.1. The number of anilines is 1. The van der Waals surface area contributed by atoms with Crippen molar-refractivity contribution >= 4 is 22.6 Å². The molecule has 0 saturated carbocycles. The molecule has 2 aliphatic heterocycles. The number of carbonyl (C=O) groups excluding carboxylic acids is 1. The summed E-state index contributed by atoms with van der Waals surface area (Å²) in [5.41, 5.74) is -0.729. The Hall–Kier alpha value is -2.26.